The van der Waals surface area contributed by atoms with E-state index in [2.05, 4.69) is 146 Å². The summed E-state index contributed by atoms with van der Waals surface area (Å²) in [7, 11) is 0. The summed E-state index contributed by atoms with van der Waals surface area (Å²) in [5.41, 5.74) is 8.27. The van der Waals surface area contributed by atoms with Gasteiger partial charge in [-0.2, -0.15) is 0 Å². The van der Waals surface area contributed by atoms with Gasteiger partial charge in [0.05, 0.1) is 34.1 Å². The van der Waals surface area contributed by atoms with E-state index >= 15 is 0 Å². The summed E-state index contributed by atoms with van der Waals surface area (Å²) in [5, 5.41) is 2.09. The molecule has 2 aliphatic rings. The molecule has 0 unspecified atom stereocenters. The fourth-order valence-electron chi connectivity index (χ4n) is 6.82. The number of anilines is 6. The lowest BCUT2D eigenvalue weighted by Crippen LogP contribution is -2.17. The molecule has 0 saturated carbocycles. The minimum absolute atomic E-state index is 0.604. The second-order valence-electron chi connectivity index (χ2n) is 11.9. The van der Waals surface area contributed by atoms with Crippen molar-refractivity contribution in [2.45, 2.75) is 19.6 Å². The number of fused-ring (bicyclic) bond motifs is 5. The molecule has 6 aromatic carbocycles. The summed E-state index contributed by atoms with van der Waals surface area (Å²) >= 11 is 3.59. The zero-order valence-corrected chi connectivity index (χ0v) is 28.0. The third-order valence-corrected chi connectivity index (χ3v) is 11.2. The van der Waals surface area contributed by atoms with E-state index in [0.29, 0.717) is 11.6 Å². The van der Waals surface area contributed by atoms with Crippen molar-refractivity contribution < 1.29 is 0 Å². The van der Waals surface area contributed by atoms with Crippen molar-refractivity contribution in [3.8, 4) is 22.8 Å². The first-order valence-corrected chi connectivity index (χ1v) is 17.8. The van der Waals surface area contributed by atoms with E-state index in [9.17, 15) is 0 Å². The van der Waals surface area contributed by atoms with Gasteiger partial charge in [0.1, 0.15) is 12.7 Å². The minimum Gasteiger partial charge on any atom is -0.308 e. The van der Waals surface area contributed by atoms with E-state index in [1.54, 1.807) is 48.6 Å². The summed E-state index contributed by atoms with van der Waals surface area (Å²) in [6.07, 6.45) is 6.71. The van der Waals surface area contributed by atoms with Crippen molar-refractivity contribution in [1.82, 2.24) is 24.9 Å². The van der Waals surface area contributed by atoms with E-state index in [4.69, 9.17) is 9.97 Å². The van der Waals surface area contributed by atoms with Gasteiger partial charge >= 0.3 is 0 Å². The smallest absolute Gasteiger partial charge is 0.162 e. The highest BCUT2D eigenvalue weighted by Gasteiger charge is 2.30. The van der Waals surface area contributed by atoms with Crippen LogP contribution >= 0.6 is 23.5 Å². The van der Waals surface area contributed by atoms with Crippen LogP contribution in [0.1, 0.15) is 0 Å². The van der Waals surface area contributed by atoms with Crippen molar-refractivity contribution >= 4 is 68.4 Å². The molecule has 7 nitrogen and oxygen atoms in total. The van der Waals surface area contributed by atoms with Crippen LogP contribution in [0.15, 0.2) is 172 Å². The summed E-state index contributed by atoms with van der Waals surface area (Å²) in [4.78, 5) is 32.3. The fourth-order valence-corrected chi connectivity index (χ4v) is 8.93. The third-order valence-electron chi connectivity index (χ3n) is 8.95. The van der Waals surface area contributed by atoms with Crippen LogP contribution in [0.5, 0.6) is 0 Å². The Kier molecular flexibility index (Phi) is 6.85. The van der Waals surface area contributed by atoms with Crippen LogP contribution in [0, 0.1) is 0 Å². The van der Waals surface area contributed by atoms with Crippen LogP contribution in [-0.2, 0) is 0 Å². The maximum atomic E-state index is 4.73. The summed E-state index contributed by atoms with van der Waals surface area (Å²) in [6.45, 7) is 0. The van der Waals surface area contributed by atoms with Crippen LogP contribution in [0.4, 0.5) is 34.1 Å². The lowest BCUT2D eigenvalue weighted by molar-refractivity contribution is 1.06. The molecule has 0 spiro atoms. The van der Waals surface area contributed by atoms with Gasteiger partial charge in [0.25, 0.3) is 0 Å². The Morgan fingerprint density at radius 1 is 0.380 bits per heavy atom. The van der Waals surface area contributed by atoms with Gasteiger partial charge in [0, 0.05) is 53.9 Å². The third kappa shape index (κ3) is 4.74. The van der Waals surface area contributed by atoms with Gasteiger partial charge < -0.3 is 9.80 Å². The number of rotatable bonds is 4. The highest BCUT2D eigenvalue weighted by atomic mass is 32.2. The predicted octanol–water partition coefficient (Wildman–Crippen LogP) is 11.0. The van der Waals surface area contributed by atoms with Crippen molar-refractivity contribution in [1.29, 1.82) is 0 Å². The summed E-state index contributed by atoms with van der Waals surface area (Å²) < 4.78 is 0. The van der Waals surface area contributed by atoms with Crippen molar-refractivity contribution in [2.75, 3.05) is 9.80 Å². The number of nitrogens with zero attached hydrogens (tertiary/aromatic N) is 7. The van der Waals surface area contributed by atoms with E-state index in [0.717, 1.165) is 56.0 Å². The van der Waals surface area contributed by atoms with Crippen LogP contribution in [0.2, 0.25) is 0 Å². The molecular formula is C41H25N7S2. The summed E-state index contributed by atoms with van der Waals surface area (Å²) in [5.74, 6) is 1.26. The average molecular weight is 680 g/mol. The van der Waals surface area contributed by atoms with Crippen molar-refractivity contribution in [2.24, 2.45) is 0 Å². The van der Waals surface area contributed by atoms with Crippen molar-refractivity contribution in [3.05, 3.63) is 152 Å². The highest BCUT2D eigenvalue weighted by molar-refractivity contribution is 8.00. The van der Waals surface area contributed by atoms with Crippen LogP contribution < -0.4 is 9.80 Å². The SMILES string of the molecule is c1cnc(-c2cc(N3c4ccccc4Sc4ccccc43)c3cc(-c4ncncn4)cc(N4c5ccccc5Sc5ccccc54)c3c2)nc1. The number of para-hydroxylation sites is 4. The minimum atomic E-state index is 0.604. The molecule has 2 aliphatic heterocycles. The molecule has 0 radical (unpaired) electrons. The van der Waals surface area contributed by atoms with E-state index < -0.39 is 0 Å². The lowest BCUT2D eigenvalue weighted by Gasteiger charge is -2.36. The van der Waals surface area contributed by atoms with Gasteiger partial charge in [0.15, 0.2) is 11.6 Å². The first kappa shape index (κ1) is 28.9. The number of benzene rings is 6. The zero-order chi connectivity index (χ0) is 33.0. The molecule has 2 aromatic heterocycles. The molecule has 4 heterocycles. The Morgan fingerprint density at radius 3 is 1.18 bits per heavy atom. The Bertz CT molecular complexity index is 2310. The molecule has 236 valence electrons. The first-order valence-electron chi connectivity index (χ1n) is 16.1. The molecule has 8 aromatic rings. The maximum absolute atomic E-state index is 4.73. The molecular weight excluding hydrogens is 655 g/mol. The van der Waals surface area contributed by atoms with Crippen LogP contribution in [0.25, 0.3) is 33.5 Å². The zero-order valence-electron chi connectivity index (χ0n) is 26.4. The standard InChI is InChI=1S/C41H25N7S2/c1-5-14-36-30(10-1)47(31-11-2-6-15-37(31)49-36)34-22-26(40-43-18-9-19-44-40)20-28-29(34)21-27(41-45-24-42-25-46-41)23-35(28)48-32-12-3-7-16-38(32)50-39-17-8-4-13-33(39)48/h1-25H. The van der Waals surface area contributed by atoms with E-state index in [1.165, 1.54) is 19.6 Å². The maximum Gasteiger partial charge on any atom is 0.162 e. The normalized spacial score (nSPS) is 13.0. The average Bonchev–Trinajstić information content (AvgIpc) is 3.19. The molecule has 0 aliphatic carbocycles. The van der Waals surface area contributed by atoms with Crippen LogP contribution in [0.3, 0.4) is 0 Å². The second-order valence-corrected chi connectivity index (χ2v) is 14.0. The van der Waals surface area contributed by atoms with Gasteiger partial charge in [0.2, 0.25) is 0 Å². The Labute approximate surface area is 296 Å². The van der Waals surface area contributed by atoms with E-state index in [-0.39, 0.29) is 0 Å². The molecule has 0 fully saturated rings. The summed E-state index contributed by atoms with van der Waals surface area (Å²) in [6, 6.07) is 45.1. The topological polar surface area (TPSA) is 70.9 Å². The first-order chi connectivity index (χ1) is 24.8. The quantitative estimate of drug-likeness (QED) is 0.181. The molecule has 0 atom stereocenters. The molecule has 0 saturated heterocycles. The molecule has 0 amide bonds. The number of aromatic nitrogens is 5. The number of hydrogen-bond donors (Lipinski definition) is 0. The lowest BCUT2D eigenvalue weighted by atomic mass is 9.96. The van der Waals surface area contributed by atoms with E-state index in [1.807, 2.05) is 6.07 Å². The van der Waals surface area contributed by atoms with Crippen LogP contribution in [-0.4, -0.2) is 24.9 Å². The predicted molar refractivity (Wildman–Crippen MR) is 201 cm³/mol. The number of hydrogen-bond acceptors (Lipinski definition) is 9. The van der Waals surface area contributed by atoms with Gasteiger partial charge in [-0.05, 0) is 78.9 Å². The van der Waals surface area contributed by atoms with Gasteiger partial charge in [-0.25, -0.2) is 24.9 Å². The monoisotopic (exact) mass is 679 g/mol. The molecule has 10 rings (SSSR count). The molecule has 50 heavy (non-hydrogen) atoms. The van der Waals surface area contributed by atoms with Gasteiger partial charge in [-0.1, -0.05) is 72.1 Å². The van der Waals surface area contributed by atoms with Gasteiger partial charge in [-0.3, -0.25) is 0 Å². The Morgan fingerprint density at radius 2 is 0.760 bits per heavy atom. The van der Waals surface area contributed by atoms with Gasteiger partial charge in [-0.15, -0.1) is 0 Å². The largest absolute Gasteiger partial charge is 0.308 e. The Hall–Kier alpha value is -6.03. The molecule has 9 heteroatoms. The fraction of sp³-hybridized carbons (Fsp3) is 0. The Balaban J connectivity index is 1.36. The molecule has 0 N–H and O–H groups in total. The molecule has 0 bridgehead atoms. The second kappa shape index (κ2) is 11.8. The highest BCUT2D eigenvalue weighted by Crippen LogP contribution is 2.56. The van der Waals surface area contributed by atoms with Crippen molar-refractivity contribution in [3.63, 3.8) is 0 Å².